The minimum absolute atomic E-state index is 0.255. The summed E-state index contributed by atoms with van der Waals surface area (Å²) in [6.45, 7) is 11.2. The summed E-state index contributed by atoms with van der Waals surface area (Å²) in [5.41, 5.74) is 1.99. The van der Waals surface area contributed by atoms with E-state index in [0.29, 0.717) is 26.2 Å². The van der Waals surface area contributed by atoms with Crippen LogP contribution in [0.15, 0.2) is 60.7 Å². The van der Waals surface area contributed by atoms with Gasteiger partial charge in [0, 0.05) is 52.4 Å². The quantitative estimate of drug-likeness (QED) is 0.681. The van der Waals surface area contributed by atoms with Crippen molar-refractivity contribution >= 4 is 6.09 Å². The van der Waals surface area contributed by atoms with Crippen LogP contribution in [0, 0.1) is 0 Å². The number of aliphatic hydroxyl groups excluding tert-OH is 1. The van der Waals surface area contributed by atoms with E-state index in [-0.39, 0.29) is 6.09 Å². The van der Waals surface area contributed by atoms with Crippen molar-refractivity contribution < 1.29 is 14.6 Å². The number of carbonyl (C=O) groups excluding carboxylic acids is 1. The van der Waals surface area contributed by atoms with Crippen LogP contribution in [0.3, 0.4) is 0 Å². The smallest absolute Gasteiger partial charge is 0.410 e. The summed E-state index contributed by atoms with van der Waals surface area (Å²) in [5, 5.41) is 10.9. The maximum atomic E-state index is 12.3. The van der Waals surface area contributed by atoms with Crippen molar-refractivity contribution in [1.82, 2.24) is 14.7 Å². The molecule has 1 amide bonds. The molecular weight excluding hydrogens is 402 g/mol. The van der Waals surface area contributed by atoms with Crippen LogP contribution in [0.1, 0.15) is 31.9 Å². The molecule has 0 aliphatic carbocycles. The molecule has 0 saturated carbocycles. The summed E-state index contributed by atoms with van der Waals surface area (Å²) in [5.74, 6) is 0. The fourth-order valence-corrected chi connectivity index (χ4v) is 3.96. The van der Waals surface area contributed by atoms with E-state index in [1.165, 1.54) is 11.1 Å². The van der Waals surface area contributed by atoms with Gasteiger partial charge in [-0.25, -0.2) is 4.79 Å². The lowest BCUT2D eigenvalue weighted by Gasteiger charge is -2.37. The number of nitrogens with zero attached hydrogens (tertiary/aromatic N) is 3. The second-order valence-electron chi connectivity index (χ2n) is 9.56. The zero-order chi connectivity index (χ0) is 23.0. The Labute approximate surface area is 192 Å². The standard InChI is InChI=1S/C26H37N3O3/c1-26(2,3)32-25(31)29-16-14-27(15-17-29)20-24(30)21-28(18-22-10-6-4-7-11-22)19-23-12-8-5-9-13-23/h4-13,24,30H,14-21H2,1-3H3/t24-/m1/s1. The number of β-amino-alcohol motifs (C(OH)–C–C–N with tert-alkyl or cyclic N) is 1. The first-order valence-corrected chi connectivity index (χ1v) is 11.5. The first kappa shape index (κ1) is 24.2. The minimum Gasteiger partial charge on any atom is -0.444 e. The highest BCUT2D eigenvalue weighted by atomic mass is 16.6. The minimum atomic E-state index is -0.481. The molecule has 2 aromatic rings. The summed E-state index contributed by atoms with van der Waals surface area (Å²) in [6, 6.07) is 20.8. The fraction of sp³-hybridized carbons (Fsp3) is 0.500. The van der Waals surface area contributed by atoms with Gasteiger partial charge in [0.15, 0.2) is 0 Å². The Morgan fingerprint density at radius 2 is 1.44 bits per heavy atom. The zero-order valence-electron chi connectivity index (χ0n) is 19.6. The van der Waals surface area contributed by atoms with E-state index < -0.39 is 11.7 Å². The van der Waals surface area contributed by atoms with Gasteiger partial charge in [-0.15, -0.1) is 0 Å². The molecular formula is C26H37N3O3. The monoisotopic (exact) mass is 439 g/mol. The zero-order valence-corrected chi connectivity index (χ0v) is 19.6. The van der Waals surface area contributed by atoms with E-state index in [0.717, 1.165) is 26.2 Å². The molecule has 1 atom stereocenters. The number of hydrogen-bond acceptors (Lipinski definition) is 5. The van der Waals surface area contributed by atoms with Crippen LogP contribution in [0.25, 0.3) is 0 Å². The van der Waals surface area contributed by atoms with E-state index >= 15 is 0 Å². The lowest BCUT2D eigenvalue weighted by atomic mass is 10.1. The summed E-state index contributed by atoms with van der Waals surface area (Å²) in [6.07, 6.45) is -0.718. The number of rotatable bonds is 8. The number of amides is 1. The number of aliphatic hydroxyl groups is 1. The van der Waals surface area contributed by atoms with Crippen LogP contribution >= 0.6 is 0 Å². The molecule has 1 N–H and O–H groups in total. The maximum absolute atomic E-state index is 12.3. The third-order valence-corrected chi connectivity index (χ3v) is 5.46. The average Bonchev–Trinajstić information content (AvgIpc) is 2.74. The largest absolute Gasteiger partial charge is 0.444 e. The summed E-state index contributed by atoms with van der Waals surface area (Å²) in [4.78, 5) is 18.5. The second-order valence-corrected chi connectivity index (χ2v) is 9.56. The molecule has 32 heavy (non-hydrogen) atoms. The predicted molar refractivity (Wildman–Crippen MR) is 127 cm³/mol. The van der Waals surface area contributed by atoms with Crippen LogP contribution in [0.5, 0.6) is 0 Å². The number of carbonyl (C=O) groups is 1. The van der Waals surface area contributed by atoms with Gasteiger partial charge in [0.2, 0.25) is 0 Å². The Morgan fingerprint density at radius 3 is 1.91 bits per heavy atom. The Hall–Kier alpha value is -2.41. The van der Waals surface area contributed by atoms with Crippen LogP contribution < -0.4 is 0 Å². The third-order valence-electron chi connectivity index (χ3n) is 5.46. The van der Waals surface area contributed by atoms with E-state index in [1.54, 1.807) is 4.90 Å². The number of piperazine rings is 1. The average molecular weight is 440 g/mol. The van der Waals surface area contributed by atoms with Crippen molar-refractivity contribution in [2.24, 2.45) is 0 Å². The van der Waals surface area contributed by atoms with Crippen molar-refractivity contribution in [1.29, 1.82) is 0 Å². The number of benzene rings is 2. The van der Waals surface area contributed by atoms with E-state index in [1.807, 2.05) is 32.9 Å². The summed E-state index contributed by atoms with van der Waals surface area (Å²) in [7, 11) is 0. The van der Waals surface area contributed by atoms with Crippen LogP contribution in [0.4, 0.5) is 4.79 Å². The third kappa shape index (κ3) is 8.26. The SMILES string of the molecule is CC(C)(C)OC(=O)N1CCN(C[C@@H](O)CN(Cc2ccccc2)Cc2ccccc2)CC1. The lowest BCUT2D eigenvalue weighted by molar-refractivity contribution is 0.00755. The molecule has 0 radical (unpaired) electrons. The molecule has 6 heteroatoms. The molecule has 0 spiro atoms. The number of ether oxygens (including phenoxy) is 1. The topological polar surface area (TPSA) is 56.3 Å². The highest BCUT2D eigenvalue weighted by molar-refractivity contribution is 5.68. The Bertz CT molecular complexity index is 774. The van der Waals surface area contributed by atoms with Gasteiger partial charge in [-0.1, -0.05) is 60.7 Å². The van der Waals surface area contributed by atoms with Crippen molar-refractivity contribution in [2.45, 2.75) is 45.6 Å². The molecule has 2 aromatic carbocycles. The highest BCUT2D eigenvalue weighted by Crippen LogP contribution is 2.14. The highest BCUT2D eigenvalue weighted by Gasteiger charge is 2.27. The van der Waals surface area contributed by atoms with Crippen LogP contribution in [-0.4, -0.2) is 76.9 Å². The van der Waals surface area contributed by atoms with Crippen LogP contribution in [-0.2, 0) is 17.8 Å². The van der Waals surface area contributed by atoms with Gasteiger partial charge in [0.25, 0.3) is 0 Å². The van der Waals surface area contributed by atoms with Crippen molar-refractivity contribution in [3.63, 3.8) is 0 Å². The number of hydrogen-bond donors (Lipinski definition) is 1. The fourth-order valence-electron chi connectivity index (χ4n) is 3.96. The maximum Gasteiger partial charge on any atom is 0.410 e. The Kier molecular flexibility index (Phi) is 8.67. The molecule has 6 nitrogen and oxygen atoms in total. The van der Waals surface area contributed by atoms with Gasteiger partial charge in [0.1, 0.15) is 5.60 Å². The normalized spacial score (nSPS) is 16.2. The van der Waals surface area contributed by atoms with Gasteiger partial charge in [-0.3, -0.25) is 9.80 Å². The molecule has 0 bridgehead atoms. The van der Waals surface area contributed by atoms with Gasteiger partial charge < -0.3 is 14.7 Å². The summed E-state index contributed by atoms with van der Waals surface area (Å²) >= 11 is 0. The van der Waals surface area contributed by atoms with Gasteiger partial charge in [-0.2, -0.15) is 0 Å². The molecule has 0 unspecified atom stereocenters. The van der Waals surface area contributed by atoms with Crippen molar-refractivity contribution in [3.05, 3.63) is 71.8 Å². The van der Waals surface area contributed by atoms with Gasteiger partial charge >= 0.3 is 6.09 Å². The Balaban J connectivity index is 1.51. The summed E-state index contributed by atoms with van der Waals surface area (Å²) < 4.78 is 5.47. The molecule has 1 aliphatic heterocycles. The molecule has 1 fully saturated rings. The first-order valence-electron chi connectivity index (χ1n) is 11.5. The molecule has 1 heterocycles. The van der Waals surface area contributed by atoms with Gasteiger partial charge in [-0.05, 0) is 31.9 Å². The molecule has 1 aliphatic rings. The van der Waals surface area contributed by atoms with E-state index in [9.17, 15) is 9.90 Å². The predicted octanol–water partition coefficient (Wildman–Crippen LogP) is 3.60. The Morgan fingerprint density at radius 1 is 0.938 bits per heavy atom. The van der Waals surface area contributed by atoms with E-state index in [4.69, 9.17) is 4.74 Å². The molecule has 0 aromatic heterocycles. The lowest BCUT2D eigenvalue weighted by Crippen LogP contribution is -2.52. The molecule has 3 rings (SSSR count). The van der Waals surface area contributed by atoms with E-state index in [2.05, 4.69) is 58.3 Å². The second kappa shape index (κ2) is 11.5. The van der Waals surface area contributed by atoms with Crippen molar-refractivity contribution in [2.75, 3.05) is 39.3 Å². The molecule has 1 saturated heterocycles. The first-order chi connectivity index (χ1) is 15.3. The van der Waals surface area contributed by atoms with Crippen LogP contribution in [0.2, 0.25) is 0 Å². The molecule has 174 valence electrons. The van der Waals surface area contributed by atoms with Crippen molar-refractivity contribution in [3.8, 4) is 0 Å². The van der Waals surface area contributed by atoms with Gasteiger partial charge in [0.05, 0.1) is 6.10 Å².